The molecular formula is C20H31N3O3S. The monoisotopic (exact) mass is 393 g/mol. The number of sulfonamides is 1. The predicted molar refractivity (Wildman–Crippen MR) is 106 cm³/mol. The summed E-state index contributed by atoms with van der Waals surface area (Å²) in [6, 6.07) is 9.08. The van der Waals surface area contributed by atoms with Crippen LogP contribution in [0, 0.1) is 0 Å². The number of hydrogen-bond donors (Lipinski definition) is 1. The zero-order valence-corrected chi connectivity index (χ0v) is 16.8. The molecule has 1 saturated carbocycles. The predicted octanol–water partition coefficient (Wildman–Crippen LogP) is 2.22. The van der Waals surface area contributed by atoms with E-state index in [1.807, 2.05) is 0 Å². The van der Waals surface area contributed by atoms with Crippen molar-refractivity contribution in [1.82, 2.24) is 14.5 Å². The van der Waals surface area contributed by atoms with Crippen LogP contribution >= 0.6 is 0 Å². The third-order valence-electron chi connectivity index (χ3n) is 5.63. The molecule has 0 radical (unpaired) electrons. The molecule has 1 N–H and O–H groups in total. The summed E-state index contributed by atoms with van der Waals surface area (Å²) in [6.45, 7) is 3.05. The van der Waals surface area contributed by atoms with Crippen LogP contribution in [0.1, 0.15) is 44.9 Å². The fourth-order valence-corrected chi connectivity index (χ4v) is 5.62. The van der Waals surface area contributed by atoms with E-state index in [1.165, 1.54) is 36.4 Å². The van der Waals surface area contributed by atoms with Gasteiger partial charge in [-0.2, -0.15) is 4.31 Å². The van der Waals surface area contributed by atoms with Crippen LogP contribution in [0.5, 0.6) is 0 Å². The molecule has 1 heterocycles. The Hall–Kier alpha value is -1.44. The van der Waals surface area contributed by atoms with Crippen molar-refractivity contribution < 1.29 is 13.2 Å². The van der Waals surface area contributed by atoms with Gasteiger partial charge >= 0.3 is 0 Å². The number of nitrogens with one attached hydrogen (secondary N) is 1. The largest absolute Gasteiger partial charge is 0.355 e. The van der Waals surface area contributed by atoms with Crippen LogP contribution in [0.3, 0.4) is 0 Å². The summed E-state index contributed by atoms with van der Waals surface area (Å²) in [5, 5.41) is 2.96. The molecule has 0 unspecified atom stereocenters. The highest BCUT2D eigenvalue weighted by Gasteiger charge is 2.26. The second-order valence-electron chi connectivity index (χ2n) is 7.50. The van der Waals surface area contributed by atoms with Gasteiger partial charge in [0.05, 0.1) is 4.90 Å². The molecule has 1 amide bonds. The highest BCUT2D eigenvalue weighted by Crippen LogP contribution is 2.23. The van der Waals surface area contributed by atoms with Gasteiger partial charge in [0.15, 0.2) is 0 Å². The standard InChI is InChI=1S/C20H31N3O3S/c24-20-12-16-23(27(25,26)19-10-5-2-6-11-19)15-7-14-22(17-13-21-20)18-8-3-1-4-9-18/h2,5-6,10-11,18H,1,3-4,7-9,12-17H2,(H,21,24). The molecule has 0 bridgehead atoms. The molecule has 0 aromatic heterocycles. The second kappa shape index (κ2) is 9.66. The van der Waals surface area contributed by atoms with Gasteiger partial charge in [-0.3, -0.25) is 9.69 Å². The van der Waals surface area contributed by atoms with Crippen molar-refractivity contribution in [2.24, 2.45) is 0 Å². The first-order valence-corrected chi connectivity index (χ1v) is 11.6. The molecule has 3 rings (SSSR count). The van der Waals surface area contributed by atoms with Crippen molar-refractivity contribution in [3.05, 3.63) is 30.3 Å². The molecule has 2 fully saturated rings. The average molecular weight is 394 g/mol. The fraction of sp³-hybridized carbons (Fsp3) is 0.650. The Morgan fingerprint density at radius 3 is 2.37 bits per heavy atom. The van der Waals surface area contributed by atoms with Gasteiger partial charge in [-0.15, -0.1) is 0 Å². The summed E-state index contributed by atoms with van der Waals surface area (Å²) in [7, 11) is -3.57. The first-order chi connectivity index (χ1) is 13.1. The van der Waals surface area contributed by atoms with Gasteiger partial charge < -0.3 is 5.32 Å². The van der Waals surface area contributed by atoms with Crippen LogP contribution in [0.4, 0.5) is 0 Å². The van der Waals surface area contributed by atoms with Crippen molar-refractivity contribution in [1.29, 1.82) is 0 Å². The van der Waals surface area contributed by atoms with E-state index >= 15 is 0 Å². The second-order valence-corrected chi connectivity index (χ2v) is 9.44. The van der Waals surface area contributed by atoms with Gasteiger partial charge in [0.25, 0.3) is 0 Å². The summed E-state index contributed by atoms with van der Waals surface area (Å²) in [5.41, 5.74) is 0. The SMILES string of the molecule is O=C1CCN(S(=O)(=O)c2ccccc2)CCCN(C2CCCCC2)CCN1. The third-order valence-corrected chi connectivity index (χ3v) is 7.55. The Labute approximate surface area is 163 Å². The number of benzene rings is 1. The van der Waals surface area contributed by atoms with Gasteiger partial charge in [0.1, 0.15) is 0 Å². The summed E-state index contributed by atoms with van der Waals surface area (Å²) < 4.78 is 27.5. The van der Waals surface area contributed by atoms with E-state index in [0.717, 1.165) is 19.5 Å². The number of hydrogen-bond acceptors (Lipinski definition) is 4. The van der Waals surface area contributed by atoms with E-state index in [1.54, 1.807) is 30.3 Å². The number of rotatable bonds is 3. The number of carbonyl (C=O) groups excluding carboxylic acids is 1. The van der Waals surface area contributed by atoms with Crippen LogP contribution in [-0.4, -0.2) is 62.3 Å². The summed E-state index contributed by atoms with van der Waals surface area (Å²) in [4.78, 5) is 14.9. The molecule has 1 aliphatic heterocycles. The van der Waals surface area contributed by atoms with E-state index in [4.69, 9.17) is 0 Å². The van der Waals surface area contributed by atoms with Gasteiger partial charge in [0, 0.05) is 38.6 Å². The van der Waals surface area contributed by atoms with Crippen LogP contribution < -0.4 is 5.32 Å². The van der Waals surface area contributed by atoms with Crippen molar-refractivity contribution in [3.63, 3.8) is 0 Å². The van der Waals surface area contributed by atoms with Gasteiger partial charge in [-0.05, 0) is 37.9 Å². The first kappa shape index (κ1) is 20.3. The molecule has 1 aromatic carbocycles. The Morgan fingerprint density at radius 1 is 0.889 bits per heavy atom. The highest BCUT2D eigenvalue weighted by atomic mass is 32.2. The molecule has 1 aromatic rings. The van der Waals surface area contributed by atoms with Crippen molar-refractivity contribution in [3.8, 4) is 0 Å². The minimum absolute atomic E-state index is 0.0752. The Kier molecular flexibility index (Phi) is 7.26. The molecule has 1 aliphatic carbocycles. The summed E-state index contributed by atoms with van der Waals surface area (Å²) >= 11 is 0. The van der Waals surface area contributed by atoms with Crippen LogP contribution in [0.15, 0.2) is 35.2 Å². The molecule has 27 heavy (non-hydrogen) atoms. The topological polar surface area (TPSA) is 69.7 Å². The molecular weight excluding hydrogens is 362 g/mol. The van der Waals surface area contributed by atoms with Gasteiger partial charge in [-0.1, -0.05) is 37.5 Å². The molecule has 7 heteroatoms. The summed E-state index contributed by atoms with van der Waals surface area (Å²) in [6.07, 6.45) is 7.25. The molecule has 0 atom stereocenters. The quantitative estimate of drug-likeness (QED) is 0.855. The molecule has 2 aliphatic rings. The maximum Gasteiger partial charge on any atom is 0.243 e. The lowest BCUT2D eigenvalue weighted by Crippen LogP contribution is -2.42. The fourth-order valence-electron chi connectivity index (χ4n) is 4.12. The van der Waals surface area contributed by atoms with E-state index in [2.05, 4.69) is 10.2 Å². The normalized spacial score (nSPS) is 22.7. The Bertz CT molecular complexity index is 702. The van der Waals surface area contributed by atoms with Crippen molar-refractivity contribution in [2.75, 3.05) is 32.7 Å². The van der Waals surface area contributed by atoms with Crippen molar-refractivity contribution >= 4 is 15.9 Å². The number of carbonyl (C=O) groups is 1. The van der Waals surface area contributed by atoms with E-state index in [9.17, 15) is 13.2 Å². The third kappa shape index (κ3) is 5.53. The first-order valence-electron chi connectivity index (χ1n) is 10.1. The zero-order chi connectivity index (χ0) is 19.1. The molecule has 1 saturated heterocycles. The van der Waals surface area contributed by atoms with Crippen molar-refractivity contribution in [2.45, 2.75) is 55.9 Å². The van der Waals surface area contributed by atoms with Crippen LogP contribution in [0.25, 0.3) is 0 Å². The number of nitrogens with zero attached hydrogens (tertiary/aromatic N) is 2. The Balaban J connectivity index is 1.72. The number of amides is 1. The highest BCUT2D eigenvalue weighted by molar-refractivity contribution is 7.89. The maximum absolute atomic E-state index is 13.0. The summed E-state index contributed by atoms with van der Waals surface area (Å²) in [5.74, 6) is -0.0752. The van der Waals surface area contributed by atoms with E-state index < -0.39 is 10.0 Å². The van der Waals surface area contributed by atoms with Gasteiger partial charge in [0.2, 0.25) is 15.9 Å². The molecule has 6 nitrogen and oxygen atoms in total. The van der Waals surface area contributed by atoms with Gasteiger partial charge in [-0.25, -0.2) is 8.42 Å². The lowest BCUT2D eigenvalue weighted by Gasteiger charge is -2.34. The van der Waals surface area contributed by atoms with E-state index in [0.29, 0.717) is 24.0 Å². The average Bonchev–Trinajstić information content (AvgIpc) is 2.74. The zero-order valence-electron chi connectivity index (χ0n) is 16.0. The molecule has 150 valence electrons. The molecule has 0 spiro atoms. The van der Waals surface area contributed by atoms with E-state index in [-0.39, 0.29) is 18.9 Å². The maximum atomic E-state index is 13.0. The lowest BCUT2D eigenvalue weighted by molar-refractivity contribution is -0.121. The van der Waals surface area contributed by atoms with Crippen LogP contribution in [0.2, 0.25) is 0 Å². The Morgan fingerprint density at radius 2 is 1.63 bits per heavy atom. The minimum Gasteiger partial charge on any atom is -0.355 e. The lowest BCUT2D eigenvalue weighted by atomic mass is 9.94. The minimum atomic E-state index is -3.57. The smallest absolute Gasteiger partial charge is 0.243 e. The van der Waals surface area contributed by atoms with Crippen LogP contribution in [-0.2, 0) is 14.8 Å².